The summed E-state index contributed by atoms with van der Waals surface area (Å²) in [7, 11) is 0. The van der Waals surface area contributed by atoms with Gasteiger partial charge in [-0.05, 0) is 42.2 Å². The van der Waals surface area contributed by atoms with Crippen LogP contribution in [0, 0.1) is 11.6 Å². The van der Waals surface area contributed by atoms with Crippen LogP contribution in [0.1, 0.15) is 21.5 Å². The summed E-state index contributed by atoms with van der Waals surface area (Å²) < 4.78 is 26.5. The Bertz CT molecular complexity index is 606. The molecular formula is C16H14F2O2. The summed E-state index contributed by atoms with van der Waals surface area (Å²) in [6.07, 6.45) is 0.935. The number of aliphatic hydroxyl groups is 1. The second kappa shape index (κ2) is 6.39. The zero-order chi connectivity index (χ0) is 14.5. The first-order chi connectivity index (χ1) is 9.60. The fourth-order valence-corrected chi connectivity index (χ4v) is 1.96. The number of carbonyl (C=O) groups excluding carboxylic acids is 1. The lowest BCUT2D eigenvalue weighted by Crippen LogP contribution is -2.04. The van der Waals surface area contributed by atoms with Crippen molar-refractivity contribution in [2.45, 2.75) is 12.8 Å². The lowest BCUT2D eigenvalue weighted by atomic mass is 10.0. The minimum absolute atomic E-state index is 0.334. The Morgan fingerprint density at radius 3 is 2.35 bits per heavy atom. The van der Waals surface area contributed by atoms with Gasteiger partial charge in [-0.2, -0.15) is 0 Å². The van der Waals surface area contributed by atoms with E-state index in [1.54, 1.807) is 24.3 Å². The van der Waals surface area contributed by atoms with Gasteiger partial charge in [-0.15, -0.1) is 0 Å². The molecule has 0 aliphatic heterocycles. The molecule has 0 saturated heterocycles. The smallest absolute Gasteiger partial charge is 0.188 e. The first-order valence-corrected chi connectivity index (χ1v) is 6.27. The van der Waals surface area contributed by atoms with Crippen LogP contribution in [0.5, 0.6) is 0 Å². The number of aryl methyl sites for hydroxylation is 2. The first-order valence-electron chi connectivity index (χ1n) is 6.27. The molecule has 0 radical (unpaired) electrons. The molecule has 0 amide bonds. The monoisotopic (exact) mass is 276 g/mol. The van der Waals surface area contributed by atoms with Crippen LogP contribution in [0.15, 0.2) is 42.5 Å². The lowest BCUT2D eigenvalue weighted by Gasteiger charge is -2.05. The number of halogens is 2. The highest BCUT2D eigenvalue weighted by atomic mass is 19.1. The van der Waals surface area contributed by atoms with Crippen LogP contribution in [0.2, 0.25) is 0 Å². The molecule has 0 aliphatic carbocycles. The average molecular weight is 276 g/mol. The highest BCUT2D eigenvalue weighted by Crippen LogP contribution is 2.14. The molecule has 2 rings (SSSR count). The van der Waals surface area contributed by atoms with E-state index in [4.69, 9.17) is 5.11 Å². The summed E-state index contributed by atoms with van der Waals surface area (Å²) in [6.45, 7) is -0.520. The van der Waals surface area contributed by atoms with Crippen molar-refractivity contribution in [3.63, 3.8) is 0 Å². The zero-order valence-electron chi connectivity index (χ0n) is 10.8. The molecule has 0 spiro atoms. The van der Waals surface area contributed by atoms with Gasteiger partial charge in [0.25, 0.3) is 0 Å². The second-order valence-corrected chi connectivity index (χ2v) is 4.51. The van der Waals surface area contributed by atoms with Gasteiger partial charge in [0.15, 0.2) is 5.78 Å². The Hall–Kier alpha value is -2.07. The fourth-order valence-electron chi connectivity index (χ4n) is 1.96. The van der Waals surface area contributed by atoms with Gasteiger partial charge < -0.3 is 5.11 Å². The Kier molecular flexibility index (Phi) is 4.58. The number of aliphatic hydroxyl groups excluding tert-OH is 1. The Morgan fingerprint density at radius 2 is 1.70 bits per heavy atom. The molecule has 0 unspecified atom stereocenters. The number of carbonyl (C=O) groups is 1. The Morgan fingerprint density at radius 1 is 1.00 bits per heavy atom. The van der Waals surface area contributed by atoms with Crippen LogP contribution >= 0.6 is 0 Å². The molecule has 0 atom stereocenters. The van der Waals surface area contributed by atoms with Crippen molar-refractivity contribution in [1.82, 2.24) is 0 Å². The molecule has 2 aromatic carbocycles. The summed E-state index contributed by atoms with van der Waals surface area (Å²) in [5, 5.41) is 8.74. The van der Waals surface area contributed by atoms with Gasteiger partial charge in [-0.1, -0.05) is 24.3 Å². The molecule has 2 nitrogen and oxygen atoms in total. The molecule has 20 heavy (non-hydrogen) atoms. The minimum atomic E-state index is -0.520. The van der Waals surface area contributed by atoms with Gasteiger partial charge >= 0.3 is 0 Å². The second-order valence-electron chi connectivity index (χ2n) is 4.51. The molecule has 0 fully saturated rings. The minimum Gasteiger partial charge on any atom is -0.388 e. The van der Waals surface area contributed by atoms with Crippen molar-refractivity contribution in [3.05, 3.63) is 70.8 Å². The molecule has 2 aromatic rings. The van der Waals surface area contributed by atoms with E-state index in [0.717, 1.165) is 17.7 Å². The summed E-state index contributed by atoms with van der Waals surface area (Å²) in [5.41, 5.74) is 1.69. The van der Waals surface area contributed by atoms with Crippen molar-refractivity contribution in [2.24, 2.45) is 0 Å². The molecule has 0 saturated carbocycles. The maximum Gasteiger partial charge on any atom is 0.188 e. The van der Waals surface area contributed by atoms with Crippen LogP contribution in [0.3, 0.4) is 0 Å². The van der Waals surface area contributed by atoms with Crippen LogP contribution in [0.4, 0.5) is 8.78 Å². The SMILES string of the molecule is O=C(CO)c1ccc(CCc2cc(F)ccc2F)cc1. The van der Waals surface area contributed by atoms with E-state index in [9.17, 15) is 13.6 Å². The standard InChI is InChI=1S/C16H14F2O2/c17-14-7-8-15(18)13(9-14)6-3-11-1-4-12(5-2-11)16(20)10-19/h1-2,4-5,7-9,19H,3,6,10H2. The van der Waals surface area contributed by atoms with Gasteiger partial charge in [0.1, 0.15) is 18.2 Å². The van der Waals surface area contributed by atoms with Gasteiger partial charge in [0.05, 0.1) is 0 Å². The molecule has 4 heteroatoms. The molecule has 104 valence electrons. The number of rotatable bonds is 5. The Labute approximate surface area is 115 Å². The molecular weight excluding hydrogens is 262 g/mol. The number of Topliss-reactive ketones (excluding diaryl/α,β-unsaturated/α-hetero) is 1. The largest absolute Gasteiger partial charge is 0.388 e. The predicted molar refractivity (Wildman–Crippen MR) is 71.6 cm³/mol. The molecule has 1 N–H and O–H groups in total. The van der Waals surface area contributed by atoms with Gasteiger partial charge in [-0.25, -0.2) is 8.78 Å². The van der Waals surface area contributed by atoms with Gasteiger partial charge in [0.2, 0.25) is 0 Å². The highest BCUT2D eigenvalue weighted by molar-refractivity contribution is 5.96. The van der Waals surface area contributed by atoms with E-state index in [1.807, 2.05) is 0 Å². The number of hydrogen-bond donors (Lipinski definition) is 1. The topological polar surface area (TPSA) is 37.3 Å². The summed E-state index contributed by atoms with van der Waals surface area (Å²) >= 11 is 0. The average Bonchev–Trinajstić information content (AvgIpc) is 2.48. The molecule has 0 heterocycles. The fraction of sp³-hybridized carbons (Fsp3) is 0.188. The van der Waals surface area contributed by atoms with Crippen molar-refractivity contribution in [1.29, 1.82) is 0 Å². The van der Waals surface area contributed by atoms with E-state index in [1.165, 1.54) is 6.07 Å². The maximum absolute atomic E-state index is 13.4. The van der Waals surface area contributed by atoms with Crippen molar-refractivity contribution in [2.75, 3.05) is 6.61 Å². The molecule has 0 aromatic heterocycles. The zero-order valence-corrected chi connectivity index (χ0v) is 10.8. The van der Waals surface area contributed by atoms with Crippen molar-refractivity contribution in [3.8, 4) is 0 Å². The third kappa shape index (κ3) is 3.48. The summed E-state index contributed by atoms with van der Waals surface area (Å²) in [5.74, 6) is -1.21. The Balaban J connectivity index is 2.04. The van der Waals surface area contributed by atoms with Crippen LogP contribution < -0.4 is 0 Å². The molecule has 0 aliphatic rings. The van der Waals surface area contributed by atoms with Gasteiger partial charge in [-0.3, -0.25) is 4.79 Å². The van der Waals surface area contributed by atoms with E-state index in [2.05, 4.69) is 0 Å². The normalized spacial score (nSPS) is 10.6. The summed E-state index contributed by atoms with van der Waals surface area (Å²) in [4.78, 5) is 11.2. The van der Waals surface area contributed by atoms with Crippen molar-refractivity contribution < 1.29 is 18.7 Å². The number of benzene rings is 2. The van der Waals surface area contributed by atoms with Crippen molar-refractivity contribution >= 4 is 5.78 Å². The lowest BCUT2D eigenvalue weighted by molar-refractivity contribution is 0.0903. The number of hydrogen-bond acceptors (Lipinski definition) is 2. The van der Waals surface area contributed by atoms with Gasteiger partial charge in [0, 0.05) is 5.56 Å². The van der Waals surface area contributed by atoms with E-state index in [0.29, 0.717) is 24.0 Å². The van der Waals surface area contributed by atoms with E-state index >= 15 is 0 Å². The van der Waals surface area contributed by atoms with Crippen LogP contribution in [-0.4, -0.2) is 17.5 Å². The third-order valence-electron chi connectivity index (χ3n) is 3.11. The summed E-state index contributed by atoms with van der Waals surface area (Å²) in [6, 6.07) is 10.1. The molecule has 0 bridgehead atoms. The first kappa shape index (κ1) is 14.3. The maximum atomic E-state index is 13.4. The predicted octanol–water partition coefficient (Wildman–Crippen LogP) is 2.93. The highest BCUT2D eigenvalue weighted by Gasteiger charge is 2.06. The van der Waals surface area contributed by atoms with Crippen LogP contribution in [0.25, 0.3) is 0 Å². The third-order valence-corrected chi connectivity index (χ3v) is 3.11. The van der Waals surface area contributed by atoms with Crippen LogP contribution in [-0.2, 0) is 12.8 Å². The van der Waals surface area contributed by atoms with E-state index in [-0.39, 0.29) is 5.78 Å². The van der Waals surface area contributed by atoms with E-state index < -0.39 is 18.2 Å². The quantitative estimate of drug-likeness (QED) is 0.853. The number of ketones is 1.